The van der Waals surface area contributed by atoms with Gasteiger partial charge in [-0.2, -0.15) is 47.0 Å². The Morgan fingerprint density at radius 2 is 0.562 bits per heavy atom. The minimum Gasteiger partial charge on any atom is -0.161 e. The molecule has 0 aromatic carbocycles. The zero-order valence-electron chi connectivity index (χ0n) is 10.1. The SMILES string of the molecule is C1CCSCCSCCCCSCCSC1. The first-order valence-electron chi connectivity index (χ1n) is 6.31. The Balaban J connectivity index is 2.00. The Morgan fingerprint density at radius 1 is 0.312 bits per heavy atom. The molecule has 1 fully saturated rings. The summed E-state index contributed by atoms with van der Waals surface area (Å²) in [4.78, 5) is 0. The van der Waals surface area contributed by atoms with E-state index in [0.717, 1.165) is 0 Å². The molecule has 0 amide bonds. The summed E-state index contributed by atoms with van der Waals surface area (Å²) in [5.74, 6) is 11.0. The molecule has 0 spiro atoms. The van der Waals surface area contributed by atoms with Crippen LogP contribution in [0.15, 0.2) is 0 Å². The van der Waals surface area contributed by atoms with Gasteiger partial charge in [-0.05, 0) is 48.7 Å². The van der Waals surface area contributed by atoms with Crippen molar-refractivity contribution in [2.24, 2.45) is 0 Å². The van der Waals surface area contributed by atoms with Gasteiger partial charge in [-0.15, -0.1) is 0 Å². The van der Waals surface area contributed by atoms with Gasteiger partial charge < -0.3 is 0 Å². The van der Waals surface area contributed by atoms with E-state index in [2.05, 4.69) is 47.0 Å². The molecule has 0 unspecified atom stereocenters. The first-order chi connectivity index (χ1) is 8.00. The Bertz CT molecular complexity index is 77.0. The lowest BCUT2D eigenvalue weighted by Gasteiger charge is -2.05. The van der Waals surface area contributed by atoms with Crippen LogP contribution in [0.25, 0.3) is 0 Å². The third-order valence-electron chi connectivity index (χ3n) is 2.40. The van der Waals surface area contributed by atoms with E-state index in [1.165, 1.54) is 71.7 Å². The quantitative estimate of drug-likeness (QED) is 0.645. The van der Waals surface area contributed by atoms with E-state index in [1.807, 2.05) is 0 Å². The fourth-order valence-corrected chi connectivity index (χ4v) is 5.80. The molecule has 0 aromatic rings. The molecule has 0 N–H and O–H groups in total. The fraction of sp³-hybridized carbons (Fsp3) is 1.00. The van der Waals surface area contributed by atoms with Crippen LogP contribution in [0, 0.1) is 0 Å². The smallest absolute Gasteiger partial charge is 0.00235 e. The molecule has 0 aromatic heterocycles. The molecule has 0 radical (unpaired) electrons. The predicted molar refractivity (Wildman–Crippen MR) is 87.8 cm³/mol. The van der Waals surface area contributed by atoms with Crippen molar-refractivity contribution in [3.63, 3.8) is 0 Å². The Kier molecular flexibility index (Phi) is 12.4. The molecule has 1 aliphatic rings. The molecule has 0 atom stereocenters. The summed E-state index contributed by atoms with van der Waals surface area (Å²) in [6.45, 7) is 0. The highest BCUT2D eigenvalue weighted by atomic mass is 32.2. The van der Waals surface area contributed by atoms with Crippen molar-refractivity contribution < 1.29 is 0 Å². The average Bonchev–Trinajstić information content (AvgIpc) is 2.29. The van der Waals surface area contributed by atoms with Crippen LogP contribution >= 0.6 is 47.0 Å². The summed E-state index contributed by atoms with van der Waals surface area (Å²) < 4.78 is 0. The molecule has 0 saturated carbocycles. The second-order valence-corrected chi connectivity index (χ2v) is 8.76. The summed E-state index contributed by atoms with van der Waals surface area (Å²) in [6.07, 6.45) is 5.70. The maximum absolute atomic E-state index is 2.15. The normalized spacial score (nSPS) is 24.0. The van der Waals surface area contributed by atoms with Crippen molar-refractivity contribution in [1.82, 2.24) is 0 Å². The van der Waals surface area contributed by atoms with Gasteiger partial charge in [-0.1, -0.05) is 0 Å². The van der Waals surface area contributed by atoms with E-state index in [0.29, 0.717) is 0 Å². The van der Waals surface area contributed by atoms with Crippen LogP contribution in [0.2, 0.25) is 0 Å². The molecule has 1 heterocycles. The lowest BCUT2D eigenvalue weighted by Crippen LogP contribution is -1.94. The Labute approximate surface area is 118 Å². The first kappa shape index (κ1) is 15.5. The van der Waals surface area contributed by atoms with E-state index >= 15 is 0 Å². The minimum absolute atomic E-state index is 1.37. The van der Waals surface area contributed by atoms with Gasteiger partial charge in [0.15, 0.2) is 0 Å². The molecule has 96 valence electrons. The summed E-state index contributed by atoms with van der Waals surface area (Å²) in [5, 5.41) is 0. The van der Waals surface area contributed by atoms with E-state index in [9.17, 15) is 0 Å². The van der Waals surface area contributed by atoms with Crippen molar-refractivity contribution in [2.75, 3.05) is 46.0 Å². The van der Waals surface area contributed by atoms with Crippen LogP contribution in [0.4, 0.5) is 0 Å². The third kappa shape index (κ3) is 10.5. The third-order valence-corrected chi connectivity index (χ3v) is 7.20. The minimum atomic E-state index is 1.37. The number of rotatable bonds is 0. The summed E-state index contributed by atoms with van der Waals surface area (Å²) in [6, 6.07) is 0. The summed E-state index contributed by atoms with van der Waals surface area (Å²) >= 11 is 8.62. The van der Waals surface area contributed by atoms with Gasteiger partial charge in [0, 0.05) is 23.0 Å². The molecule has 1 aliphatic heterocycles. The maximum Gasteiger partial charge on any atom is 0.00235 e. The molecule has 0 nitrogen and oxygen atoms in total. The first-order valence-corrected chi connectivity index (χ1v) is 10.9. The van der Waals surface area contributed by atoms with Crippen LogP contribution in [-0.4, -0.2) is 46.0 Å². The van der Waals surface area contributed by atoms with Gasteiger partial charge in [0.1, 0.15) is 0 Å². The summed E-state index contributed by atoms with van der Waals surface area (Å²) in [7, 11) is 0. The van der Waals surface area contributed by atoms with Gasteiger partial charge in [0.05, 0.1) is 0 Å². The number of hydrogen-bond acceptors (Lipinski definition) is 4. The van der Waals surface area contributed by atoms with E-state index in [-0.39, 0.29) is 0 Å². The monoisotopic (exact) mass is 296 g/mol. The number of thioether (sulfide) groups is 4. The van der Waals surface area contributed by atoms with Gasteiger partial charge in [0.2, 0.25) is 0 Å². The lowest BCUT2D eigenvalue weighted by molar-refractivity contribution is 0.904. The van der Waals surface area contributed by atoms with Gasteiger partial charge >= 0.3 is 0 Å². The van der Waals surface area contributed by atoms with Crippen LogP contribution in [-0.2, 0) is 0 Å². The zero-order valence-corrected chi connectivity index (χ0v) is 13.4. The Hall–Kier alpha value is 1.40. The molecular formula is C12H24S4. The van der Waals surface area contributed by atoms with Crippen LogP contribution < -0.4 is 0 Å². The van der Waals surface area contributed by atoms with Gasteiger partial charge in [0.25, 0.3) is 0 Å². The molecule has 0 aliphatic carbocycles. The van der Waals surface area contributed by atoms with Crippen molar-refractivity contribution in [1.29, 1.82) is 0 Å². The van der Waals surface area contributed by atoms with E-state index < -0.39 is 0 Å². The fourth-order valence-electron chi connectivity index (χ4n) is 1.46. The summed E-state index contributed by atoms with van der Waals surface area (Å²) in [5.41, 5.74) is 0. The highest BCUT2D eigenvalue weighted by molar-refractivity contribution is 8.03. The topological polar surface area (TPSA) is 0 Å². The highest BCUT2D eigenvalue weighted by Gasteiger charge is 1.96. The molecule has 0 bridgehead atoms. The van der Waals surface area contributed by atoms with Crippen molar-refractivity contribution in [3.05, 3.63) is 0 Å². The predicted octanol–water partition coefficient (Wildman–Crippen LogP) is 4.49. The van der Waals surface area contributed by atoms with Crippen molar-refractivity contribution >= 4 is 47.0 Å². The zero-order chi connectivity index (χ0) is 11.3. The second-order valence-electron chi connectivity index (χ2n) is 3.86. The van der Waals surface area contributed by atoms with Crippen LogP contribution in [0.3, 0.4) is 0 Å². The van der Waals surface area contributed by atoms with Crippen molar-refractivity contribution in [3.8, 4) is 0 Å². The largest absolute Gasteiger partial charge is 0.161 e. The van der Waals surface area contributed by atoms with E-state index in [1.54, 1.807) is 0 Å². The highest BCUT2D eigenvalue weighted by Crippen LogP contribution is 2.15. The van der Waals surface area contributed by atoms with Crippen LogP contribution in [0.5, 0.6) is 0 Å². The van der Waals surface area contributed by atoms with Gasteiger partial charge in [-0.3, -0.25) is 0 Å². The molecule has 4 heteroatoms. The molecular weight excluding hydrogens is 272 g/mol. The van der Waals surface area contributed by atoms with Crippen molar-refractivity contribution in [2.45, 2.75) is 25.7 Å². The maximum atomic E-state index is 2.15. The standard InChI is InChI=1S/C12H24S4/c1-2-6-14-11-12-16-8-4-3-7-15-10-9-13-5-1/h1-12H2. The van der Waals surface area contributed by atoms with E-state index in [4.69, 9.17) is 0 Å². The second kappa shape index (κ2) is 12.8. The van der Waals surface area contributed by atoms with Crippen LogP contribution in [0.1, 0.15) is 25.7 Å². The molecule has 1 rings (SSSR count). The Morgan fingerprint density at radius 3 is 0.812 bits per heavy atom. The average molecular weight is 297 g/mol. The molecule has 1 saturated heterocycles. The molecule has 16 heavy (non-hydrogen) atoms. The van der Waals surface area contributed by atoms with Gasteiger partial charge in [-0.25, -0.2) is 0 Å². The lowest BCUT2D eigenvalue weighted by atomic mass is 10.4. The number of hydrogen-bond donors (Lipinski definition) is 0.